The second-order valence-corrected chi connectivity index (χ2v) is 4.85. The van der Waals surface area contributed by atoms with Gasteiger partial charge in [-0.2, -0.15) is 0 Å². The lowest BCUT2D eigenvalue weighted by Gasteiger charge is -2.37. The molecule has 2 aliphatic rings. The lowest BCUT2D eigenvalue weighted by Crippen LogP contribution is -2.34. The molecule has 1 unspecified atom stereocenters. The fourth-order valence-corrected chi connectivity index (χ4v) is 2.86. The third kappa shape index (κ3) is 2.41. The summed E-state index contributed by atoms with van der Waals surface area (Å²) in [6.45, 7) is 2.69. The Hall–Kier alpha value is 0.210. The normalized spacial score (nSPS) is 31.9. The molecule has 0 aromatic carbocycles. The molecule has 0 N–H and O–H groups in total. The van der Waals surface area contributed by atoms with Crippen molar-refractivity contribution in [2.24, 2.45) is 5.41 Å². The van der Waals surface area contributed by atoms with Gasteiger partial charge in [0, 0.05) is 25.7 Å². The van der Waals surface area contributed by atoms with E-state index in [1.807, 2.05) is 0 Å². The number of hydrogen-bond donors (Lipinski definition) is 0. The Balaban J connectivity index is 1.89. The van der Waals surface area contributed by atoms with Crippen molar-refractivity contribution in [2.75, 3.05) is 25.7 Å². The van der Waals surface area contributed by atoms with Gasteiger partial charge in [-0.05, 0) is 37.5 Å². The van der Waals surface area contributed by atoms with Crippen LogP contribution in [-0.2, 0) is 9.47 Å². The summed E-state index contributed by atoms with van der Waals surface area (Å²) in [5.74, 6) is 0.760. The Morgan fingerprint density at radius 3 is 2.57 bits per heavy atom. The highest BCUT2D eigenvalue weighted by molar-refractivity contribution is 6.18. The fraction of sp³-hybridized carbons (Fsp3) is 1.00. The fourth-order valence-electron chi connectivity index (χ4n) is 2.49. The summed E-state index contributed by atoms with van der Waals surface area (Å²) in [5.41, 5.74) is 0.300. The Labute approximate surface area is 90.9 Å². The van der Waals surface area contributed by atoms with Crippen molar-refractivity contribution in [3.8, 4) is 0 Å². The van der Waals surface area contributed by atoms with Gasteiger partial charge in [0.25, 0.3) is 0 Å². The zero-order valence-corrected chi connectivity index (χ0v) is 9.39. The highest BCUT2D eigenvalue weighted by Gasteiger charge is 2.35. The summed E-state index contributed by atoms with van der Waals surface area (Å²) >= 11 is 6.10. The van der Waals surface area contributed by atoms with Crippen LogP contribution in [0.15, 0.2) is 0 Å². The van der Waals surface area contributed by atoms with E-state index in [1.54, 1.807) is 0 Å². The Morgan fingerprint density at radius 2 is 2.00 bits per heavy atom. The number of hydrogen-bond acceptors (Lipinski definition) is 2. The van der Waals surface area contributed by atoms with Crippen molar-refractivity contribution in [3.63, 3.8) is 0 Å². The maximum absolute atomic E-state index is 6.10. The van der Waals surface area contributed by atoms with E-state index in [0.29, 0.717) is 11.5 Å². The topological polar surface area (TPSA) is 18.5 Å². The summed E-state index contributed by atoms with van der Waals surface area (Å²) < 4.78 is 11.1. The van der Waals surface area contributed by atoms with Crippen LogP contribution in [0.5, 0.6) is 0 Å². The molecule has 2 rings (SSSR count). The first-order chi connectivity index (χ1) is 6.85. The molecule has 0 aliphatic carbocycles. The van der Waals surface area contributed by atoms with Crippen molar-refractivity contribution >= 4 is 11.6 Å². The van der Waals surface area contributed by atoms with Crippen molar-refractivity contribution in [1.82, 2.24) is 0 Å². The van der Waals surface area contributed by atoms with E-state index in [4.69, 9.17) is 21.1 Å². The lowest BCUT2D eigenvalue weighted by atomic mass is 9.77. The van der Waals surface area contributed by atoms with Crippen LogP contribution in [0.25, 0.3) is 0 Å². The smallest absolute Gasteiger partial charge is 0.0581 e. The molecule has 0 amide bonds. The van der Waals surface area contributed by atoms with Gasteiger partial charge < -0.3 is 9.47 Å². The summed E-state index contributed by atoms with van der Waals surface area (Å²) in [4.78, 5) is 0. The van der Waals surface area contributed by atoms with Gasteiger partial charge in [0.1, 0.15) is 0 Å². The van der Waals surface area contributed by atoms with Gasteiger partial charge in [-0.25, -0.2) is 0 Å². The van der Waals surface area contributed by atoms with Crippen LogP contribution in [-0.4, -0.2) is 31.8 Å². The van der Waals surface area contributed by atoms with E-state index in [9.17, 15) is 0 Å². The van der Waals surface area contributed by atoms with Crippen LogP contribution in [0, 0.1) is 5.41 Å². The Morgan fingerprint density at radius 1 is 1.21 bits per heavy atom. The van der Waals surface area contributed by atoms with E-state index >= 15 is 0 Å². The van der Waals surface area contributed by atoms with Gasteiger partial charge in [0.05, 0.1) is 6.10 Å². The SMILES string of the molecule is ClCC1(CC2CCCO2)CCOCC1. The third-order valence-electron chi connectivity index (χ3n) is 3.52. The quantitative estimate of drug-likeness (QED) is 0.678. The third-order valence-corrected chi connectivity index (χ3v) is 4.09. The van der Waals surface area contributed by atoms with Crippen molar-refractivity contribution in [1.29, 1.82) is 0 Å². The summed E-state index contributed by atoms with van der Waals surface area (Å²) in [6.07, 6.45) is 6.26. The van der Waals surface area contributed by atoms with Gasteiger partial charge in [-0.1, -0.05) is 0 Å². The van der Waals surface area contributed by atoms with Crippen LogP contribution in [0.1, 0.15) is 32.1 Å². The van der Waals surface area contributed by atoms with Gasteiger partial charge >= 0.3 is 0 Å². The number of alkyl halides is 1. The van der Waals surface area contributed by atoms with Gasteiger partial charge in [-0.3, -0.25) is 0 Å². The molecule has 2 aliphatic heterocycles. The summed E-state index contributed by atoms with van der Waals surface area (Å²) in [7, 11) is 0. The van der Waals surface area contributed by atoms with Crippen molar-refractivity contribution in [2.45, 2.75) is 38.2 Å². The molecule has 82 valence electrons. The standard InChI is InChI=1S/C11H19ClO2/c12-9-11(3-6-13-7-4-11)8-10-2-1-5-14-10/h10H,1-9H2. The van der Waals surface area contributed by atoms with E-state index < -0.39 is 0 Å². The predicted molar refractivity (Wildman–Crippen MR) is 56.8 cm³/mol. The first-order valence-corrected chi connectivity index (χ1v) is 6.13. The number of ether oxygens (including phenoxy) is 2. The molecule has 0 saturated carbocycles. The zero-order chi connectivity index (χ0) is 9.86. The monoisotopic (exact) mass is 218 g/mol. The second kappa shape index (κ2) is 4.82. The van der Waals surface area contributed by atoms with Crippen LogP contribution in [0.2, 0.25) is 0 Å². The summed E-state index contributed by atoms with van der Waals surface area (Å²) in [5, 5.41) is 0. The predicted octanol–water partition coefficient (Wildman–Crippen LogP) is 2.59. The van der Waals surface area contributed by atoms with E-state index in [1.165, 1.54) is 12.8 Å². The maximum Gasteiger partial charge on any atom is 0.0581 e. The minimum absolute atomic E-state index is 0.300. The van der Waals surface area contributed by atoms with Crippen molar-refractivity contribution < 1.29 is 9.47 Å². The molecule has 0 aromatic rings. The number of halogens is 1. The molecule has 2 saturated heterocycles. The van der Waals surface area contributed by atoms with Crippen LogP contribution in [0.3, 0.4) is 0 Å². The highest BCUT2D eigenvalue weighted by atomic mass is 35.5. The van der Waals surface area contributed by atoms with Crippen LogP contribution >= 0.6 is 11.6 Å². The first-order valence-electron chi connectivity index (χ1n) is 5.60. The van der Waals surface area contributed by atoms with E-state index in [2.05, 4.69) is 0 Å². The molecule has 0 aromatic heterocycles. The van der Waals surface area contributed by atoms with Crippen LogP contribution in [0.4, 0.5) is 0 Å². The Kier molecular flexibility index (Phi) is 3.69. The van der Waals surface area contributed by atoms with Gasteiger partial charge in [0.2, 0.25) is 0 Å². The van der Waals surface area contributed by atoms with Gasteiger partial charge in [0.15, 0.2) is 0 Å². The zero-order valence-electron chi connectivity index (χ0n) is 8.64. The number of rotatable bonds is 3. The largest absolute Gasteiger partial charge is 0.381 e. The molecule has 2 heterocycles. The van der Waals surface area contributed by atoms with E-state index in [-0.39, 0.29) is 0 Å². The first kappa shape index (κ1) is 10.7. The molecule has 0 spiro atoms. The second-order valence-electron chi connectivity index (χ2n) is 4.59. The molecular weight excluding hydrogens is 200 g/mol. The molecule has 14 heavy (non-hydrogen) atoms. The van der Waals surface area contributed by atoms with Gasteiger partial charge in [-0.15, -0.1) is 11.6 Å². The molecule has 2 nitrogen and oxygen atoms in total. The minimum atomic E-state index is 0.300. The van der Waals surface area contributed by atoms with E-state index in [0.717, 1.165) is 45.0 Å². The average molecular weight is 219 g/mol. The van der Waals surface area contributed by atoms with Crippen molar-refractivity contribution in [3.05, 3.63) is 0 Å². The molecule has 2 fully saturated rings. The maximum atomic E-state index is 6.10. The average Bonchev–Trinajstić information content (AvgIpc) is 2.72. The molecule has 0 radical (unpaired) electrons. The lowest BCUT2D eigenvalue weighted by molar-refractivity contribution is -0.00866. The molecule has 0 bridgehead atoms. The summed E-state index contributed by atoms with van der Waals surface area (Å²) in [6, 6.07) is 0. The highest BCUT2D eigenvalue weighted by Crippen LogP contribution is 2.38. The molecule has 1 atom stereocenters. The van der Waals surface area contributed by atoms with Crippen LogP contribution < -0.4 is 0 Å². The molecular formula is C11H19ClO2. The minimum Gasteiger partial charge on any atom is -0.381 e. The molecule has 3 heteroatoms. The Bertz CT molecular complexity index is 172.